The first-order valence-electron chi connectivity index (χ1n) is 10.3. The van der Waals surface area contributed by atoms with Gasteiger partial charge in [0.1, 0.15) is 17.1 Å². The first-order chi connectivity index (χ1) is 14.8. The first-order valence-corrected chi connectivity index (χ1v) is 10.3. The van der Waals surface area contributed by atoms with E-state index in [0.717, 1.165) is 0 Å². The summed E-state index contributed by atoms with van der Waals surface area (Å²) in [6.45, 7) is 8.81. The zero-order chi connectivity index (χ0) is 24.3. The molecule has 0 aliphatic carbocycles. The fourth-order valence-electron chi connectivity index (χ4n) is 3.51. The van der Waals surface area contributed by atoms with Crippen LogP contribution in [-0.2, 0) is 39.8 Å². The van der Waals surface area contributed by atoms with E-state index in [2.05, 4.69) is 4.98 Å². The van der Waals surface area contributed by atoms with Gasteiger partial charge in [0.05, 0.1) is 27.1 Å². The zero-order valence-electron chi connectivity index (χ0n) is 19.7. The summed E-state index contributed by atoms with van der Waals surface area (Å²) in [5.74, 6) is -1.59. The Balaban J connectivity index is 2.50. The SMILES string of the molecule is COC(=O)CCc1c(C(=O)OC(C)(C)C)[nH]c(/C=C2\OC(=O)C[C@]2(C)CC(=O)OC)c1C. The van der Waals surface area contributed by atoms with E-state index in [-0.39, 0.29) is 31.4 Å². The molecule has 0 aromatic carbocycles. The molecule has 1 atom stereocenters. The van der Waals surface area contributed by atoms with Gasteiger partial charge >= 0.3 is 23.9 Å². The number of cyclic esters (lactones) is 1. The van der Waals surface area contributed by atoms with Crippen molar-refractivity contribution < 1.29 is 38.1 Å². The Hall–Kier alpha value is -3.10. The summed E-state index contributed by atoms with van der Waals surface area (Å²) in [6, 6.07) is 0. The van der Waals surface area contributed by atoms with Gasteiger partial charge in [0.15, 0.2) is 0 Å². The summed E-state index contributed by atoms with van der Waals surface area (Å²) in [5.41, 5.74) is 0.453. The highest BCUT2D eigenvalue weighted by Gasteiger charge is 2.43. The zero-order valence-corrected chi connectivity index (χ0v) is 19.7. The average molecular weight is 450 g/mol. The van der Waals surface area contributed by atoms with Crippen molar-refractivity contribution in [1.82, 2.24) is 4.98 Å². The maximum atomic E-state index is 12.8. The van der Waals surface area contributed by atoms with Crippen molar-refractivity contribution >= 4 is 30.0 Å². The average Bonchev–Trinajstić information content (AvgIpc) is 3.14. The van der Waals surface area contributed by atoms with E-state index in [0.29, 0.717) is 22.6 Å². The van der Waals surface area contributed by atoms with Crippen molar-refractivity contribution in [2.45, 2.75) is 65.9 Å². The Morgan fingerprint density at radius 1 is 1.16 bits per heavy atom. The van der Waals surface area contributed by atoms with Crippen LogP contribution in [0.5, 0.6) is 0 Å². The minimum atomic E-state index is -0.875. The van der Waals surface area contributed by atoms with Crippen molar-refractivity contribution in [3.63, 3.8) is 0 Å². The molecule has 1 aromatic rings. The molecule has 0 bridgehead atoms. The fourth-order valence-corrected chi connectivity index (χ4v) is 3.51. The number of carbonyl (C=O) groups excluding carboxylic acids is 4. The Kier molecular flexibility index (Phi) is 7.54. The van der Waals surface area contributed by atoms with Crippen LogP contribution in [0, 0.1) is 12.3 Å². The van der Waals surface area contributed by atoms with Crippen molar-refractivity contribution in [2.24, 2.45) is 5.41 Å². The van der Waals surface area contributed by atoms with E-state index in [4.69, 9.17) is 18.9 Å². The van der Waals surface area contributed by atoms with Gasteiger partial charge in [-0.2, -0.15) is 0 Å². The van der Waals surface area contributed by atoms with Gasteiger partial charge in [0, 0.05) is 23.6 Å². The highest BCUT2D eigenvalue weighted by atomic mass is 16.6. The minimum absolute atomic E-state index is 0.0296. The smallest absolute Gasteiger partial charge is 0.355 e. The molecule has 9 nitrogen and oxygen atoms in total. The second-order valence-corrected chi connectivity index (χ2v) is 9.07. The van der Waals surface area contributed by atoms with Gasteiger partial charge in [-0.3, -0.25) is 14.4 Å². The van der Waals surface area contributed by atoms with Gasteiger partial charge in [0.2, 0.25) is 0 Å². The normalized spacial score (nSPS) is 19.6. The molecular weight excluding hydrogens is 418 g/mol. The van der Waals surface area contributed by atoms with Crippen LogP contribution < -0.4 is 0 Å². The summed E-state index contributed by atoms with van der Waals surface area (Å²) in [6.07, 6.45) is 1.94. The molecule has 0 radical (unpaired) electrons. The number of ether oxygens (including phenoxy) is 4. The summed E-state index contributed by atoms with van der Waals surface area (Å²) < 4.78 is 20.4. The number of carbonyl (C=O) groups is 4. The molecule has 1 aliphatic rings. The lowest BCUT2D eigenvalue weighted by Crippen LogP contribution is -2.24. The molecule has 0 amide bonds. The Morgan fingerprint density at radius 2 is 1.78 bits per heavy atom. The Labute approximate surface area is 187 Å². The number of aromatic amines is 1. The molecule has 2 heterocycles. The molecule has 1 aliphatic heterocycles. The molecule has 1 N–H and O–H groups in total. The molecule has 0 unspecified atom stereocenters. The second kappa shape index (κ2) is 9.58. The van der Waals surface area contributed by atoms with Crippen LogP contribution in [0.2, 0.25) is 0 Å². The quantitative estimate of drug-likeness (QED) is 0.497. The summed E-state index contributed by atoms with van der Waals surface area (Å²) >= 11 is 0. The van der Waals surface area contributed by atoms with Crippen LogP contribution in [0.3, 0.4) is 0 Å². The third kappa shape index (κ3) is 5.99. The van der Waals surface area contributed by atoms with E-state index >= 15 is 0 Å². The fraction of sp³-hybridized carbons (Fsp3) is 0.565. The highest BCUT2D eigenvalue weighted by Crippen LogP contribution is 2.43. The van der Waals surface area contributed by atoms with Gasteiger partial charge in [-0.05, 0) is 45.2 Å². The van der Waals surface area contributed by atoms with Crippen molar-refractivity contribution in [1.29, 1.82) is 0 Å². The van der Waals surface area contributed by atoms with Crippen LogP contribution >= 0.6 is 0 Å². The molecule has 176 valence electrons. The lowest BCUT2D eigenvalue weighted by molar-refractivity contribution is -0.143. The summed E-state index contributed by atoms with van der Waals surface area (Å²) in [5, 5.41) is 0. The lowest BCUT2D eigenvalue weighted by Gasteiger charge is -2.20. The van der Waals surface area contributed by atoms with Gasteiger partial charge in [-0.1, -0.05) is 6.92 Å². The molecule has 0 spiro atoms. The number of nitrogens with one attached hydrogen (secondary N) is 1. The predicted octanol–water partition coefficient (Wildman–Crippen LogP) is 3.24. The van der Waals surface area contributed by atoms with E-state index in [1.54, 1.807) is 40.7 Å². The molecule has 0 saturated carbocycles. The van der Waals surface area contributed by atoms with E-state index in [1.165, 1.54) is 14.2 Å². The van der Waals surface area contributed by atoms with Crippen molar-refractivity contribution in [2.75, 3.05) is 14.2 Å². The second-order valence-electron chi connectivity index (χ2n) is 9.07. The third-order valence-corrected chi connectivity index (χ3v) is 5.22. The van der Waals surface area contributed by atoms with Gasteiger partial charge in [-0.25, -0.2) is 4.79 Å². The number of esters is 4. The monoisotopic (exact) mass is 449 g/mol. The number of hydrogen-bond acceptors (Lipinski definition) is 8. The molecule has 1 saturated heterocycles. The van der Waals surface area contributed by atoms with Crippen molar-refractivity contribution in [3.8, 4) is 0 Å². The van der Waals surface area contributed by atoms with E-state index in [1.807, 2.05) is 0 Å². The minimum Gasteiger partial charge on any atom is -0.469 e. The van der Waals surface area contributed by atoms with Gasteiger partial charge in [0.25, 0.3) is 0 Å². The maximum Gasteiger partial charge on any atom is 0.355 e. The number of H-pyrrole nitrogens is 1. The van der Waals surface area contributed by atoms with E-state index < -0.39 is 34.9 Å². The largest absolute Gasteiger partial charge is 0.469 e. The lowest BCUT2D eigenvalue weighted by atomic mass is 9.82. The standard InChI is InChI=1S/C23H31NO8/c1-13-14(8-9-17(25)29-6)20(21(28)32-22(2,3)4)24-15(13)10-16-23(5,11-18(26)30-7)12-19(27)31-16/h10,24H,8-9,11-12H2,1-7H3/b16-10-/t23-/m0/s1. The van der Waals surface area contributed by atoms with E-state index in [9.17, 15) is 19.2 Å². The number of aromatic nitrogens is 1. The number of rotatable bonds is 7. The number of allylic oxidation sites excluding steroid dienone is 1. The highest BCUT2D eigenvalue weighted by molar-refractivity contribution is 5.91. The molecule has 32 heavy (non-hydrogen) atoms. The van der Waals surface area contributed by atoms with Crippen LogP contribution in [0.25, 0.3) is 6.08 Å². The Morgan fingerprint density at radius 3 is 2.34 bits per heavy atom. The summed E-state index contributed by atoms with van der Waals surface area (Å²) in [7, 11) is 2.58. The van der Waals surface area contributed by atoms with Crippen LogP contribution in [0.1, 0.15) is 74.3 Å². The van der Waals surface area contributed by atoms with Crippen molar-refractivity contribution in [3.05, 3.63) is 28.3 Å². The third-order valence-electron chi connectivity index (χ3n) is 5.22. The summed E-state index contributed by atoms with van der Waals surface area (Å²) in [4.78, 5) is 51.4. The molecule has 1 fully saturated rings. The topological polar surface area (TPSA) is 121 Å². The molecule has 9 heteroatoms. The molecule has 1 aromatic heterocycles. The predicted molar refractivity (Wildman–Crippen MR) is 114 cm³/mol. The number of hydrogen-bond donors (Lipinski definition) is 1. The van der Waals surface area contributed by atoms with Crippen LogP contribution in [0.15, 0.2) is 5.76 Å². The van der Waals surface area contributed by atoms with Crippen LogP contribution in [0.4, 0.5) is 0 Å². The van der Waals surface area contributed by atoms with Gasteiger partial charge < -0.3 is 23.9 Å². The molecular formula is C23H31NO8. The van der Waals surface area contributed by atoms with Gasteiger partial charge in [-0.15, -0.1) is 0 Å². The maximum absolute atomic E-state index is 12.8. The first kappa shape index (κ1) is 25.2. The molecule has 2 rings (SSSR count). The van der Waals surface area contributed by atoms with Crippen LogP contribution in [-0.4, -0.2) is 48.7 Å². The number of methoxy groups -OCH3 is 2. The Bertz CT molecular complexity index is 950.